The van der Waals surface area contributed by atoms with Gasteiger partial charge in [0.25, 0.3) is 5.91 Å². The van der Waals surface area contributed by atoms with Crippen LogP contribution in [0.15, 0.2) is 12.1 Å². The van der Waals surface area contributed by atoms with E-state index in [1.54, 1.807) is 6.07 Å². The molecule has 1 saturated heterocycles. The molecule has 0 saturated carbocycles. The molecule has 2 N–H and O–H groups in total. The monoisotopic (exact) mass is 278 g/mol. The van der Waals surface area contributed by atoms with E-state index in [1.165, 1.54) is 24.2 Å². The second-order valence-electron chi connectivity index (χ2n) is 4.43. The van der Waals surface area contributed by atoms with Gasteiger partial charge in [-0.1, -0.05) is 11.8 Å². The maximum atomic E-state index is 11.9. The van der Waals surface area contributed by atoms with Crippen molar-refractivity contribution >= 4 is 17.2 Å². The van der Waals surface area contributed by atoms with E-state index in [1.807, 2.05) is 6.07 Å². The molecule has 0 radical (unpaired) electrons. The lowest BCUT2D eigenvalue weighted by atomic mass is 10.4. The third-order valence-electron chi connectivity index (χ3n) is 3.03. The topological polar surface area (TPSA) is 52.6 Å². The predicted molar refractivity (Wildman–Crippen MR) is 76.3 cm³/mol. The Morgan fingerprint density at radius 3 is 2.95 bits per heavy atom. The largest absolute Gasteiger partial charge is 0.384 e. The number of aliphatic hydroxyl groups is 1. The number of nitrogens with zero attached hydrogens (tertiary/aromatic N) is 1. The zero-order chi connectivity index (χ0) is 13.5. The van der Waals surface area contributed by atoms with Gasteiger partial charge in [0.2, 0.25) is 0 Å². The Labute approximate surface area is 117 Å². The van der Waals surface area contributed by atoms with E-state index in [9.17, 15) is 4.79 Å². The minimum atomic E-state index is -0.157. The summed E-state index contributed by atoms with van der Waals surface area (Å²) in [6.07, 6.45) is 2.54. The van der Waals surface area contributed by atoms with Crippen LogP contribution >= 0.6 is 11.3 Å². The van der Waals surface area contributed by atoms with Gasteiger partial charge in [0.05, 0.1) is 9.75 Å². The summed E-state index contributed by atoms with van der Waals surface area (Å²) in [6.45, 7) is 3.75. The third kappa shape index (κ3) is 4.35. The summed E-state index contributed by atoms with van der Waals surface area (Å²) >= 11 is 1.35. The van der Waals surface area contributed by atoms with Gasteiger partial charge in [0.1, 0.15) is 6.61 Å². The molecule has 4 nitrogen and oxygen atoms in total. The van der Waals surface area contributed by atoms with E-state index in [4.69, 9.17) is 5.11 Å². The van der Waals surface area contributed by atoms with Crippen LogP contribution in [0.4, 0.5) is 0 Å². The Morgan fingerprint density at radius 2 is 2.21 bits per heavy atom. The van der Waals surface area contributed by atoms with Gasteiger partial charge in [-0.2, -0.15) is 0 Å². The number of hydrogen-bond donors (Lipinski definition) is 2. The molecule has 5 heteroatoms. The minimum Gasteiger partial charge on any atom is -0.384 e. The molecule has 102 valence electrons. The van der Waals surface area contributed by atoms with Crippen LogP contribution in [0.2, 0.25) is 0 Å². The molecule has 1 fully saturated rings. The van der Waals surface area contributed by atoms with E-state index < -0.39 is 0 Å². The molecule has 0 spiro atoms. The van der Waals surface area contributed by atoms with Crippen LogP contribution in [0.3, 0.4) is 0 Å². The number of nitrogens with one attached hydrogen (secondary N) is 1. The summed E-state index contributed by atoms with van der Waals surface area (Å²) in [7, 11) is 0. The van der Waals surface area contributed by atoms with Crippen molar-refractivity contribution in [2.75, 3.05) is 32.8 Å². The van der Waals surface area contributed by atoms with Crippen LogP contribution in [0.5, 0.6) is 0 Å². The van der Waals surface area contributed by atoms with Crippen LogP contribution in [0, 0.1) is 11.8 Å². The summed E-state index contributed by atoms with van der Waals surface area (Å²) in [5.74, 6) is 5.33. The molecule has 2 heterocycles. The number of amides is 1. The van der Waals surface area contributed by atoms with Crippen LogP contribution in [0.25, 0.3) is 0 Å². The van der Waals surface area contributed by atoms with Gasteiger partial charge >= 0.3 is 0 Å². The van der Waals surface area contributed by atoms with Crippen molar-refractivity contribution in [3.63, 3.8) is 0 Å². The first-order valence-electron chi connectivity index (χ1n) is 6.50. The highest BCUT2D eigenvalue weighted by molar-refractivity contribution is 7.14. The van der Waals surface area contributed by atoms with Crippen LogP contribution in [0.1, 0.15) is 27.4 Å². The van der Waals surface area contributed by atoms with E-state index in [0.29, 0.717) is 11.4 Å². The number of hydrogen-bond acceptors (Lipinski definition) is 4. The van der Waals surface area contributed by atoms with Gasteiger partial charge in [-0.3, -0.25) is 4.79 Å². The van der Waals surface area contributed by atoms with Crippen LogP contribution < -0.4 is 5.32 Å². The fraction of sp³-hybridized carbons (Fsp3) is 0.500. The molecule has 1 aliphatic heterocycles. The van der Waals surface area contributed by atoms with Crippen molar-refractivity contribution in [3.05, 3.63) is 21.9 Å². The molecule has 0 atom stereocenters. The highest BCUT2D eigenvalue weighted by Gasteiger charge is 2.12. The summed E-state index contributed by atoms with van der Waals surface area (Å²) in [5, 5.41) is 11.5. The zero-order valence-corrected chi connectivity index (χ0v) is 11.6. The van der Waals surface area contributed by atoms with Crippen molar-refractivity contribution in [1.82, 2.24) is 10.2 Å². The zero-order valence-electron chi connectivity index (χ0n) is 10.8. The smallest absolute Gasteiger partial charge is 0.261 e. The van der Waals surface area contributed by atoms with Crippen molar-refractivity contribution in [3.8, 4) is 11.8 Å². The molecule has 1 aromatic rings. The summed E-state index contributed by atoms with van der Waals surface area (Å²) in [5.41, 5.74) is 0. The molecule has 1 aliphatic rings. The average Bonchev–Trinajstić information content (AvgIpc) is 3.07. The fourth-order valence-electron chi connectivity index (χ4n) is 2.07. The van der Waals surface area contributed by atoms with Gasteiger partial charge < -0.3 is 15.3 Å². The van der Waals surface area contributed by atoms with E-state index in [-0.39, 0.29) is 12.5 Å². The first kappa shape index (κ1) is 14.1. The standard InChI is InChI=1S/C14H18N2O2S/c17-11-3-4-12-5-6-13(19-12)14(18)15-7-10-16-8-1-2-9-16/h5-6,17H,1-2,7-11H2,(H,15,18). The van der Waals surface area contributed by atoms with Crippen molar-refractivity contribution < 1.29 is 9.90 Å². The summed E-state index contributed by atoms with van der Waals surface area (Å²) in [6, 6.07) is 3.58. The Hall–Kier alpha value is -1.35. The number of likely N-dealkylation sites (tertiary alicyclic amines) is 1. The minimum absolute atomic E-state index is 0.0405. The summed E-state index contributed by atoms with van der Waals surface area (Å²) in [4.78, 5) is 15.7. The van der Waals surface area contributed by atoms with Crippen molar-refractivity contribution in [2.24, 2.45) is 0 Å². The predicted octanol–water partition coefficient (Wildman–Crippen LogP) is 0.918. The Bertz CT molecular complexity index is 481. The number of thiophene rings is 1. The number of carbonyl (C=O) groups is 1. The maximum Gasteiger partial charge on any atom is 0.261 e. The quantitative estimate of drug-likeness (QED) is 0.805. The van der Waals surface area contributed by atoms with Crippen LogP contribution in [-0.2, 0) is 0 Å². The molecule has 1 amide bonds. The highest BCUT2D eigenvalue weighted by atomic mass is 32.1. The lowest BCUT2D eigenvalue weighted by molar-refractivity contribution is 0.0954. The number of carbonyl (C=O) groups excluding carboxylic acids is 1. The molecule has 0 bridgehead atoms. The molecule has 0 aromatic carbocycles. The number of aliphatic hydroxyl groups excluding tert-OH is 1. The van der Waals surface area contributed by atoms with E-state index in [0.717, 1.165) is 24.5 Å². The Balaban J connectivity index is 1.77. The maximum absolute atomic E-state index is 11.9. The number of rotatable bonds is 4. The van der Waals surface area contributed by atoms with Gasteiger partial charge in [-0.05, 0) is 38.1 Å². The fourth-order valence-corrected chi connectivity index (χ4v) is 2.87. The lowest BCUT2D eigenvalue weighted by Gasteiger charge is -2.14. The van der Waals surface area contributed by atoms with Crippen LogP contribution in [-0.4, -0.2) is 48.7 Å². The SMILES string of the molecule is O=C(NCCN1CCCC1)c1ccc(C#CCO)s1. The molecule has 2 rings (SSSR count). The molecule has 0 unspecified atom stereocenters. The van der Waals surface area contributed by atoms with Gasteiger partial charge in [0, 0.05) is 13.1 Å². The van der Waals surface area contributed by atoms with Gasteiger partial charge in [0.15, 0.2) is 0 Å². The molecule has 0 aliphatic carbocycles. The van der Waals surface area contributed by atoms with E-state index >= 15 is 0 Å². The van der Waals surface area contributed by atoms with Crippen molar-refractivity contribution in [1.29, 1.82) is 0 Å². The second-order valence-corrected chi connectivity index (χ2v) is 5.51. The normalized spacial score (nSPS) is 15.0. The first-order valence-corrected chi connectivity index (χ1v) is 7.31. The second kappa shape index (κ2) is 7.29. The Morgan fingerprint density at radius 1 is 1.42 bits per heavy atom. The van der Waals surface area contributed by atoms with Gasteiger partial charge in [-0.15, -0.1) is 11.3 Å². The highest BCUT2D eigenvalue weighted by Crippen LogP contribution is 2.15. The third-order valence-corrected chi connectivity index (χ3v) is 4.03. The molecule has 1 aromatic heterocycles. The molecular weight excluding hydrogens is 260 g/mol. The molecule has 19 heavy (non-hydrogen) atoms. The van der Waals surface area contributed by atoms with E-state index in [2.05, 4.69) is 22.1 Å². The Kier molecular flexibility index (Phi) is 5.40. The molecular formula is C14H18N2O2S. The van der Waals surface area contributed by atoms with Crippen molar-refractivity contribution in [2.45, 2.75) is 12.8 Å². The average molecular weight is 278 g/mol. The summed E-state index contributed by atoms with van der Waals surface area (Å²) < 4.78 is 0. The van der Waals surface area contributed by atoms with Gasteiger partial charge in [-0.25, -0.2) is 0 Å². The lowest BCUT2D eigenvalue weighted by Crippen LogP contribution is -2.33. The first-order chi connectivity index (χ1) is 9.29.